The van der Waals surface area contributed by atoms with E-state index in [1.807, 2.05) is 0 Å². The van der Waals surface area contributed by atoms with Crippen LogP contribution in [0.3, 0.4) is 0 Å². The highest BCUT2D eigenvalue weighted by molar-refractivity contribution is 5.98. The van der Waals surface area contributed by atoms with E-state index in [2.05, 4.69) is 0 Å². The first kappa shape index (κ1) is 15.1. The van der Waals surface area contributed by atoms with E-state index in [0.717, 1.165) is 6.07 Å². The second-order valence-corrected chi connectivity index (χ2v) is 4.06. The molecule has 1 unspecified atom stereocenters. The zero-order chi connectivity index (χ0) is 14.8. The van der Waals surface area contributed by atoms with Crippen LogP contribution in [0.2, 0.25) is 0 Å². The van der Waals surface area contributed by atoms with Gasteiger partial charge in [0.1, 0.15) is 5.82 Å². The van der Waals surface area contributed by atoms with Crippen molar-refractivity contribution < 1.29 is 32.3 Å². The summed E-state index contributed by atoms with van der Waals surface area (Å²) in [4.78, 5) is 22.2. The van der Waals surface area contributed by atoms with Crippen molar-refractivity contribution in [3.05, 3.63) is 35.1 Å². The van der Waals surface area contributed by atoms with Crippen LogP contribution in [0.15, 0.2) is 18.2 Å². The Morgan fingerprint density at radius 3 is 2.37 bits per heavy atom. The van der Waals surface area contributed by atoms with Crippen LogP contribution in [0.25, 0.3) is 0 Å². The van der Waals surface area contributed by atoms with Gasteiger partial charge in [-0.05, 0) is 18.2 Å². The van der Waals surface area contributed by atoms with Gasteiger partial charge in [-0.2, -0.15) is 13.2 Å². The minimum atomic E-state index is -4.90. The molecule has 0 spiro atoms. The lowest BCUT2D eigenvalue weighted by Crippen LogP contribution is -2.16. The maximum atomic E-state index is 13.0. The van der Waals surface area contributed by atoms with Crippen LogP contribution in [0.1, 0.15) is 29.3 Å². The molecule has 1 aromatic carbocycles. The summed E-state index contributed by atoms with van der Waals surface area (Å²) in [6.07, 6.45) is -5.35. The monoisotopic (exact) mass is 278 g/mol. The van der Waals surface area contributed by atoms with Crippen molar-refractivity contribution in [1.29, 1.82) is 0 Å². The van der Waals surface area contributed by atoms with E-state index in [1.165, 1.54) is 6.92 Å². The van der Waals surface area contributed by atoms with Gasteiger partial charge < -0.3 is 5.11 Å². The number of rotatable bonds is 4. The third-order valence-corrected chi connectivity index (χ3v) is 2.51. The number of Topliss-reactive ketones (excluding diaryl/α,β-unsaturated/α-hetero) is 1. The molecule has 0 radical (unpaired) electrons. The van der Waals surface area contributed by atoms with E-state index < -0.39 is 41.6 Å². The number of carbonyl (C=O) groups excluding carboxylic acids is 1. The highest BCUT2D eigenvalue weighted by Gasteiger charge is 2.34. The molecule has 0 aliphatic carbocycles. The molecule has 104 valence electrons. The topological polar surface area (TPSA) is 54.4 Å². The van der Waals surface area contributed by atoms with E-state index in [0.29, 0.717) is 12.1 Å². The van der Waals surface area contributed by atoms with Crippen LogP contribution >= 0.6 is 0 Å². The van der Waals surface area contributed by atoms with Crippen LogP contribution < -0.4 is 0 Å². The van der Waals surface area contributed by atoms with Crippen molar-refractivity contribution in [2.24, 2.45) is 5.92 Å². The van der Waals surface area contributed by atoms with Gasteiger partial charge in [0.2, 0.25) is 0 Å². The van der Waals surface area contributed by atoms with Crippen molar-refractivity contribution in [2.45, 2.75) is 19.5 Å². The summed E-state index contributed by atoms with van der Waals surface area (Å²) in [5.74, 6) is -4.51. The molecule has 0 aliphatic heterocycles. The minimum Gasteiger partial charge on any atom is -0.481 e. The lowest BCUT2D eigenvalue weighted by molar-refractivity contribution is -0.141. The Balaban J connectivity index is 3.03. The quantitative estimate of drug-likeness (QED) is 0.680. The molecule has 1 atom stereocenters. The van der Waals surface area contributed by atoms with Gasteiger partial charge in [-0.1, -0.05) is 6.92 Å². The Bertz CT molecular complexity index is 508. The van der Waals surface area contributed by atoms with E-state index in [-0.39, 0.29) is 5.56 Å². The fourth-order valence-electron chi connectivity index (χ4n) is 1.40. The Labute approximate surface area is 105 Å². The maximum Gasteiger partial charge on any atom is 0.419 e. The summed E-state index contributed by atoms with van der Waals surface area (Å²) < 4.78 is 50.3. The normalized spacial score (nSPS) is 13.1. The standard InChI is InChI=1S/C12H10F4O3/c1-6(11(18)19)4-10(17)7-2-3-9(13)8(5-7)12(14,15)16/h2-3,5-6H,4H2,1H3,(H,18,19). The highest BCUT2D eigenvalue weighted by atomic mass is 19.4. The first-order valence-corrected chi connectivity index (χ1v) is 5.25. The summed E-state index contributed by atoms with van der Waals surface area (Å²) in [6.45, 7) is 1.26. The van der Waals surface area contributed by atoms with E-state index in [4.69, 9.17) is 5.11 Å². The van der Waals surface area contributed by atoms with E-state index in [1.54, 1.807) is 0 Å². The number of hydrogen-bond acceptors (Lipinski definition) is 2. The number of carbonyl (C=O) groups is 2. The SMILES string of the molecule is CC(CC(=O)c1ccc(F)c(C(F)(F)F)c1)C(=O)O. The molecule has 0 fully saturated rings. The summed E-state index contributed by atoms with van der Waals surface area (Å²) in [7, 11) is 0. The largest absolute Gasteiger partial charge is 0.481 e. The van der Waals surface area contributed by atoms with Gasteiger partial charge in [-0.15, -0.1) is 0 Å². The molecular formula is C12H10F4O3. The van der Waals surface area contributed by atoms with Crippen LogP contribution in [0.4, 0.5) is 17.6 Å². The molecule has 0 saturated heterocycles. The molecule has 1 N–H and O–H groups in total. The molecule has 0 aliphatic rings. The van der Waals surface area contributed by atoms with Gasteiger partial charge in [-0.25, -0.2) is 4.39 Å². The molecule has 1 aromatic rings. The summed E-state index contributed by atoms with van der Waals surface area (Å²) in [5, 5.41) is 8.61. The second kappa shape index (κ2) is 5.38. The first-order valence-electron chi connectivity index (χ1n) is 5.25. The number of aliphatic carboxylic acids is 1. The van der Waals surface area contributed by atoms with Gasteiger partial charge in [0.05, 0.1) is 11.5 Å². The van der Waals surface area contributed by atoms with Crippen LogP contribution in [0, 0.1) is 11.7 Å². The van der Waals surface area contributed by atoms with Crippen molar-refractivity contribution >= 4 is 11.8 Å². The molecule has 1 rings (SSSR count). The molecular weight excluding hydrogens is 268 g/mol. The Morgan fingerprint density at radius 1 is 1.32 bits per heavy atom. The fraction of sp³-hybridized carbons (Fsp3) is 0.333. The predicted octanol–water partition coefficient (Wildman–Crippen LogP) is 3.14. The maximum absolute atomic E-state index is 13.0. The number of carboxylic acids is 1. The van der Waals surface area contributed by atoms with Gasteiger partial charge in [0, 0.05) is 12.0 Å². The number of carboxylic acid groups (broad SMARTS) is 1. The Kier molecular flexibility index (Phi) is 4.28. The molecule has 7 heteroatoms. The zero-order valence-corrected chi connectivity index (χ0v) is 9.79. The van der Waals surface area contributed by atoms with Crippen molar-refractivity contribution in [2.75, 3.05) is 0 Å². The number of hydrogen-bond donors (Lipinski definition) is 1. The average Bonchev–Trinajstić information content (AvgIpc) is 2.27. The smallest absolute Gasteiger partial charge is 0.419 e. The molecule has 0 bridgehead atoms. The molecule has 0 amide bonds. The van der Waals surface area contributed by atoms with Crippen LogP contribution in [0.5, 0.6) is 0 Å². The lowest BCUT2D eigenvalue weighted by atomic mass is 9.98. The number of benzene rings is 1. The highest BCUT2D eigenvalue weighted by Crippen LogP contribution is 2.32. The van der Waals surface area contributed by atoms with Gasteiger partial charge in [0.25, 0.3) is 0 Å². The van der Waals surface area contributed by atoms with Gasteiger partial charge >= 0.3 is 12.1 Å². The number of halogens is 4. The van der Waals surface area contributed by atoms with Crippen LogP contribution in [-0.2, 0) is 11.0 Å². The van der Waals surface area contributed by atoms with E-state index in [9.17, 15) is 27.2 Å². The Morgan fingerprint density at radius 2 is 1.89 bits per heavy atom. The number of alkyl halides is 3. The Hall–Kier alpha value is -1.92. The van der Waals surface area contributed by atoms with Crippen molar-refractivity contribution in [3.8, 4) is 0 Å². The summed E-state index contributed by atoms with van der Waals surface area (Å²) in [5.41, 5.74) is -1.90. The van der Waals surface area contributed by atoms with Gasteiger partial charge in [-0.3, -0.25) is 9.59 Å². The fourth-order valence-corrected chi connectivity index (χ4v) is 1.40. The molecule has 3 nitrogen and oxygen atoms in total. The van der Waals surface area contributed by atoms with Gasteiger partial charge in [0.15, 0.2) is 5.78 Å². The number of ketones is 1. The molecule has 19 heavy (non-hydrogen) atoms. The van der Waals surface area contributed by atoms with Crippen molar-refractivity contribution in [1.82, 2.24) is 0 Å². The molecule has 0 heterocycles. The molecule has 0 aromatic heterocycles. The zero-order valence-electron chi connectivity index (χ0n) is 9.79. The first-order chi connectivity index (χ1) is 8.62. The summed E-state index contributed by atoms with van der Waals surface area (Å²) >= 11 is 0. The lowest BCUT2D eigenvalue weighted by Gasteiger charge is -2.10. The molecule has 0 saturated carbocycles. The van der Waals surface area contributed by atoms with Crippen molar-refractivity contribution in [3.63, 3.8) is 0 Å². The van der Waals surface area contributed by atoms with E-state index >= 15 is 0 Å². The summed E-state index contributed by atoms with van der Waals surface area (Å²) in [6, 6.07) is 1.84. The average molecular weight is 278 g/mol. The minimum absolute atomic E-state index is 0.359. The third kappa shape index (κ3) is 3.77. The van der Waals surface area contributed by atoms with Crippen LogP contribution in [-0.4, -0.2) is 16.9 Å². The third-order valence-electron chi connectivity index (χ3n) is 2.51. The second-order valence-electron chi connectivity index (χ2n) is 4.06. The predicted molar refractivity (Wildman–Crippen MR) is 57.1 cm³/mol.